The largest absolute Gasteiger partial charge is 0.464 e. The van der Waals surface area contributed by atoms with Gasteiger partial charge in [0.1, 0.15) is 0 Å². The molecule has 0 saturated heterocycles. The number of ether oxygens (including phenoxy) is 1. The molecule has 2 aromatic rings. The molecule has 27 heavy (non-hydrogen) atoms. The second-order valence-corrected chi connectivity index (χ2v) is 6.17. The Morgan fingerprint density at radius 2 is 1.78 bits per heavy atom. The molecule has 0 radical (unpaired) electrons. The van der Waals surface area contributed by atoms with Crippen LogP contribution in [0.2, 0.25) is 0 Å². The number of esters is 1. The molecule has 144 valence electrons. The van der Waals surface area contributed by atoms with Crippen molar-refractivity contribution >= 4 is 17.8 Å². The Morgan fingerprint density at radius 1 is 1.11 bits per heavy atom. The minimum absolute atomic E-state index is 0.208. The fourth-order valence-electron chi connectivity index (χ4n) is 2.64. The average molecular weight is 370 g/mol. The number of amides is 1. The Morgan fingerprint density at radius 3 is 2.41 bits per heavy atom. The summed E-state index contributed by atoms with van der Waals surface area (Å²) in [5, 5.41) is 5.88. The lowest BCUT2D eigenvalue weighted by atomic mass is 10.1. The number of aromatic nitrogens is 2. The second-order valence-electron chi connectivity index (χ2n) is 6.17. The van der Waals surface area contributed by atoms with Gasteiger partial charge in [-0.15, -0.1) is 0 Å². The van der Waals surface area contributed by atoms with Crippen LogP contribution in [0.3, 0.4) is 0 Å². The molecule has 7 nitrogen and oxygen atoms in total. The highest BCUT2D eigenvalue weighted by molar-refractivity contribution is 5.85. The zero-order chi connectivity index (χ0) is 19.6. The zero-order valence-corrected chi connectivity index (χ0v) is 16.0. The van der Waals surface area contributed by atoms with Crippen LogP contribution in [0.25, 0.3) is 0 Å². The molecule has 1 amide bonds. The fraction of sp³-hybridized carbons (Fsp3) is 0.400. The van der Waals surface area contributed by atoms with Gasteiger partial charge in [0.2, 0.25) is 11.9 Å². The van der Waals surface area contributed by atoms with Gasteiger partial charge in [0.25, 0.3) is 0 Å². The number of hydrogen-bond donors (Lipinski definition) is 2. The number of rotatable bonds is 9. The normalized spacial score (nSPS) is 11.5. The van der Waals surface area contributed by atoms with Gasteiger partial charge in [0, 0.05) is 24.4 Å². The van der Waals surface area contributed by atoms with Gasteiger partial charge in [-0.2, -0.15) is 0 Å². The predicted molar refractivity (Wildman–Crippen MR) is 103 cm³/mol. The third kappa shape index (κ3) is 6.69. The van der Waals surface area contributed by atoms with Crippen LogP contribution in [0, 0.1) is 13.8 Å². The third-order valence-corrected chi connectivity index (χ3v) is 3.81. The van der Waals surface area contributed by atoms with Gasteiger partial charge in [-0.05, 0) is 38.8 Å². The number of nitrogens with one attached hydrogen (secondary N) is 2. The van der Waals surface area contributed by atoms with E-state index < -0.39 is 12.0 Å². The van der Waals surface area contributed by atoms with Gasteiger partial charge in [0.15, 0.2) is 6.04 Å². The summed E-state index contributed by atoms with van der Waals surface area (Å²) in [6.07, 6.45) is 0.868. The minimum atomic E-state index is -0.797. The van der Waals surface area contributed by atoms with Crippen molar-refractivity contribution in [2.45, 2.75) is 39.7 Å². The van der Waals surface area contributed by atoms with E-state index in [1.165, 1.54) is 0 Å². The number of carbonyl (C=O) groups is 2. The molecule has 0 spiro atoms. The van der Waals surface area contributed by atoms with Crippen molar-refractivity contribution in [3.8, 4) is 0 Å². The topological polar surface area (TPSA) is 93.2 Å². The maximum Gasteiger partial charge on any atom is 0.333 e. The second kappa shape index (κ2) is 10.3. The number of anilines is 1. The number of aryl methyl sites for hydroxylation is 2. The molecule has 1 aromatic carbocycles. The number of hydrogen-bond acceptors (Lipinski definition) is 6. The van der Waals surface area contributed by atoms with Crippen molar-refractivity contribution in [1.29, 1.82) is 0 Å². The highest BCUT2D eigenvalue weighted by atomic mass is 16.5. The van der Waals surface area contributed by atoms with Gasteiger partial charge in [-0.3, -0.25) is 4.79 Å². The Hall–Kier alpha value is -2.96. The van der Waals surface area contributed by atoms with Crippen LogP contribution >= 0.6 is 0 Å². The molecule has 0 aliphatic rings. The molecule has 1 atom stereocenters. The molecule has 0 saturated carbocycles. The SMILES string of the molecule is CCOC(=O)C(NC(=O)CCCNc1nc(C)cc(C)n1)c1ccccc1. The lowest BCUT2D eigenvalue weighted by Crippen LogP contribution is -2.35. The van der Waals surface area contributed by atoms with Crippen LogP contribution in [0.5, 0.6) is 0 Å². The maximum absolute atomic E-state index is 12.3. The predicted octanol–water partition coefficient (Wildman–Crippen LogP) is 2.71. The van der Waals surface area contributed by atoms with Crippen LogP contribution in [0.1, 0.15) is 42.8 Å². The third-order valence-electron chi connectivity index (χ3n) is 3.81. The quantitative estimate of drug-likeness (QED) is 0.521. The van der Waals surface area contributed by atoms with E-state index in [-0.39, 0.29) is 18.9 Å². The molecule has 7 heteroatoms. The van der Waals surface area contributed by atoms with Gasteiger partial charge >= 0.3 is 5.97 Å². The highest BCUT2D eigenvalue weighted by Gasteiger charge is 2.23. The summed E-state index contributed by atoms with van der Waals surface area (Å²) in [6, 6.07) is 10.2. The molecule has 1 unspecified atom stereocenters. The summed E-state index contributed by atoms with van der Waals surface area (Å²) in [5.41, 5.74) is 2.48. The van der Waals surface area contributed by atoms with Crippen molar-refractivity contribution in [2.24, 2.45) is 0 Å². The maximum atomic E-state index is 12.3. The molecule has 0 fully saturated rings. The summed E-state index contributed by atoms with van der Waals surface area (Å²) >= 11 is 0. The summed E-state index contributed by atoms with van der Waals surface area (Å²) < 4.78 is 5.08. The summed E-state index contributed by atoms with van der Waals surface area (Å²) in [7, 11) is 0. The van der Waals surface area contributed by atoms with Crippen LogP contribution in [-0.4, -0.2) is 35.0 Å². The highest BCUT2D eigenvalue weighted by Crippen LogP contribution is 2.15. The van der Waals surface area contributed by atoms with Crippen LogP contribution in [0.4, 0.5) is 5.95 Å². The summed E-state index contributed by atoms with van der Waals surface area (Å²) in [4.78, 5) is 33.1. The summed E-state index contributed by atoms with van der Waals surface area (Å²) in [6.45, 7) is 6.38. The van der Waals surface area contributed by atoms with Crippen molar-refractivity contribution in [2.75, 3.05) is 18.5 Å². The van der Waals surface area contributed by atoms with E-state index in [2.05, 4.69) is 20.6 Å². The molecule has 1 heterocycles. The van der Waals surface area contributed by atoms with E-state index >= 15 is 0 Å². The minimum Gasteiger partial charge on any atom is -0.464 e. The molecule has 1 aromatic heterocycles. The van der Waals surface area contributed by atoms with Crippen molar-refractivity contribution in [1.82, 2.24) is 15.3 Å². The Bertz CT molecular complexity index is 745. The number of carbonyl (C=O) groups excluding carboxylic acids is 2. The van der Waals surface area contributed by atoms with E-state index in [1.54, 1.807) is 19.1 Å². The molecule has 2 rings (SSSR count). The monoisotopic (exact) mass is 370 g/mol. The fourth-order valence-corrected chi connectivity index (χ4v) is 2.64. The lowest BCUT2D eigenvalue weighted by Gasteiger charge is -2.17. The Labute approximate surface area is 159 Å². The lowest BCUT2D eigenvalue weighted by molar-refractivity contribution is -0.147. The van der Waals surface area contributed by atoms with E-state index in [1.807, 2.05) is 38.1 Å². The molecule has 0 aliphatic heterocycles. The van der Waals surface area contributed by atoms with Crippen molar-refractivity contribution in [3.63, 3.8) is 0 Å². The first-order valence-corrected chi connectivity index (χ1v) is 9.06. The first-order valence-electron chi connectivity index (χ1n) is 9.06. The van der Waals surface area contributed by atoms with Gasteiger partial charge < -0.3 is 15.4 Å². The first kappa shape index (κ1) is 20.4. The molecular weight excluding hydrogens is 344 g/mol. The van der Waals surface area contributed by atoms with E-state index in [0.717, 1.165) is 11.4 Å². The van der Waals surface area contributed by atoms with Crippen molar-refractivity contribution in [3.05, 3.63) is 53.3 Å². The van der Waals surface area contributed by atoms with Crippen LogP contribution < -0.4 is 10.6 Å². The summed E-state index contributed by atoms with van der Waals surface area (Å²) in [5.74, 6) is -0.111. The molecule has 2 N–H and O–H groups in total. The van der Waals surface area contributed by atoms with E-state index in [4.69, 9.17) is 4.74 Å². The van der Waals surface area contributed by atoms with E-state index in [0.29, 0.717) is 24.5 Å². The standard InChI is InChI=1S/C20H26N4O3/c1-4-27-19(26)18(16-9-6-5-7-10-16)24-17(25)11-8-12-21-20-22-14(2)13-15(3)23-20/h5-7,9-10,13,18H,4,8,11-12H2,1-3H3,(H,24,25)(H,21,22,23). The number of nitrogens with zero attached hydrogens (tertiary/aromatic N) is 2. The zero-order valence-electron chi connectivity index (χ0n) is 16.0. The average Bonchev–Trinajstić information content (AvgIpc) is 2.63. The Balaban J connectivity index is 1.85. The van der Waals surface area contributed by atoms with Gasteiger partial charge in [-0.25, -0.2) is 14.8 Å². The molecule has 0 bridgehead atoms. The van der Waals surface area contributed by atoms with Crippen molar-refractivity contribution < 1.29 is 14.3 Å². The molecule has 0 aliphatic carbocycles. The number of benzene rings is 1. The Kier molecular flexibility index (Phi) is 7.73. The smallest absolute Gasteiger partial charge is 0.333 e. The van der Waals surface area contributed by atoms with E-state index in [9.17, 15) is 9.59 Å². The first-order chi connectivity index (χ1) is 13.0. The van der Waals surface area contributed by atoms with Gasteiger partial charge in [0.05, 0.1) is 6.61 Å². The van der Waals surface area contributed by atoms with Crippen LogP contribution in [-0.2, 0) is 14.3 Å². The molecular formula is C20H26N4O3. The van der Waals surface area contributed by atoms with Gasteiger partial charge in [-0.1, -0.05) is 30.3 Å². The van der Waals surface area contributed by atoms with Crippen LogP contribution in [0.15, 0.2) is 36.4 Å².